The fraction of sp³-hybridized carbons (Fsp3) is 0.625. The van der Waals surface area contributed by atoms with Crippen molar-refractivity contribution in [2.24, 2.45) is 5.41 Å². The lowest BCUT2D eigenvalue weighted by Gasteiger charge is -2.39. The Morgan fingerprint density at radius 3 is 2.35 bits per heavy atom. The van der Waals surface area contributed by atoms with E-state index in [4.69, 9.17) is 0 Å². The molecule has 1 N–H and O–H groups in total. The molecule has 0 fully saturated rings. The van der Waals surface area contributed by atoms with Crippen LogP contribution in [0.25, 0.3) is 0 Å². The van der Waals surface area contributed by atoms with E-state index in [1.807, 2.05) is 0 Å². The van der Waals surface area contributed by atoms with Gasteiger partial charge in [0, 0.05) is 0 Å². The van der Waals surface area contributed by atoms with Crippen molar-refractivity contribution in [2.45, 2.75) is 59.3 Å². The summed E-state index contributed by atoms with van der Waals surface area (Å²) in [7, 11) is 0. The lowest BCUT2D eigenvalue weighted by atomic mass is 9.66. The number of phenols is 1. The monoisotopic (exact) mass is 232 g/mol. The summed E-state index contributed by atoms with van der Waals surface area (Å²) in [4.78, 5) is 0. The third-order valence-corrected chi connectivity index (χ3v) is 4.31. The minimum Gasteiger partial charge on any atom is -0.507 e. The first kappa shape index (κ1) is 12.5. The zero-order valence-electron chi connectivity index (χ0n) is 11.9. The Morgan fingerprint density at radius 2 is 1.82 bits per heavy atom. The van der Waals surface area contributed by atoms with Crippen LogP contribution < -0.4 is 0 Å². The number of hydrogen-bond donors (Lipinski definition) is 1. The second-order valence-corrected chi connectivity index (χ2v) is 7.22. The molecule has 2 bridgehead atoms. The maximum absolute atomic E-state index is 10.5. The summed E-state index contributed by atoms with van der Waals surface area (Å²) in [6.45, 7) is 13.3. The van der Waals surface area contributed by atoms with Gasteiger partial charge in [-0.1, -0.05) is 53.7 Å². The molecule has 0 amide bonds. The van der Waals surface area contributed by atoms with Gasteiger partial charge in [0.25, 0.3) is 0 Å². The fourth-order valence-electron chi connectivity index (χ4n) is 2.82. The van der Waals surface area contributed by atoms with Crippen LogP contribution in [0.3, 0.4) is 0 Å². The summed E-state index contributed by atoms with van der Waals surface area (Å²) in [5.41, 5.74) is 3.84. The van der Waals surface area contributed by atoms with Crippen molar-refractivity contribution in [2.75, 3.05) is 0 Å². The van der Waals surface area contributed by atoms with Crippen molar-refractivity contribution in [1.29, 1.82) is 0 Å². The van der Waals surface area contributed by atoms with Gasteiger partial charge < -0.3 is 5.11 Å². The minimum absolute atomic E-state index is 0.00997. The second-order valence-electron chi connectivity index (χ2n) is 7.22. The third kappa shape index (κ3) is 1.96. The molecule has 0 spiro atoms. The van der Waals surface area contributed by atoms with Crippen LogP contribution in [0.15, 0.2) is 12.1 Å². The minimum atomic E-state index is 0.00997. The highest BCUT2D eigenvalue weighted by Crippen LogP contribution is 2.48. The first-order valence-corrected chi connectivity index (χ1v) is 6.49. The molecule has 0 radical (unpaired) electrons. The molecule has 1 aliphatic carbocycles. The molecule has 1 nitrogen and oxygen atoms in total. The summed E-state index contributed by atoms with van der Waals surface area (Å²) in [6, 6.07) is 4.37. The van der Waals surface area contributed by atoms with Crippen molar-refractivity contribution in [3.8, 4) is 5.75 Å². The Hall–Kier alpha value is -0.980. The standard InChI is InChI=1S/C16H24O/c1-10-12-7-11(9-16(10,5)6)8-13(14(12)17)15(2,3)4/h7-8,10,17H,9H2,1-6H3. The van der Waals surface area contributed by atoms with Gasteiger partial charge in [0.1, 0.15) is 5.75 Å². The van der Waals surface area contributed by atoms with E-state index in [0.717, 1.165) is 17.5 Å². The first-order valence-electron chi connectivity index (χ1n) is 6.49. The van der Waals surface area contributed by atoms with E-state index in [9.17, 15) is 5.11 Å². The molecule has 0 aliphatic heterocycles. The molecule has 0 aromatic heterocycles. The summed E-state index contributed by atoms with van der Waals surface area (Å²) in [5, 5.41) is 10.5. The van der Waals surface area contributed by atoms with Crippen LogP contribution in [0.1, 0.15) is 64.2 Å². The van der Waals surface area contributed by atoms with Gasteiger partial charge in [-0.25, -0.2) is 0 Å². The molecule has 1 unspecified atom stereocenters. The Balaban J connectivity index is 2.63. The topological polar surface area (TPSA) is 20.2 Å². The molecule has 17 heavy (non-hydrogen) atoms. The van der Waals surface area contributed by atoms with E-state index in [0.29, 0.717) is 11.7 Å². The zero-order chi connectivity index (χ0) is 13.0. The lowest BCUT2D eigenvalue weighted by molar-refractivity contribution is 0.278. The Morgan fingerprint density at radius 1 is 1.24 bits per heavy atom. The molecule has 94 valence electrons. The SMILES string of the molecule is CC1c2cc(cc(C(C)(C)C)c2O)CC1(C)C. The van der Waals surface area contributed by atoms with Crippen LogP contribution in [0, 0.1) is 5.41 Å². The maximum Gasteiger partial charge on any atom is 0.122 e. The van der Waals surface area contributed by atoms with Gasteiger partial charge in [-0.2, -0.15) is 0 Å². The molecule has 1 aromatic rings. The highest BCUT2D eigenvalue weighted by atomic mass is 16.3. The number of fused-ring (bicyclic) bond motifs is 2. The predicted molar refractivity (Wildman–Crippen MR) is 72.7 cm³/mol. The fourth-order valence-corrected chi connectivity index (χ4v) is 2.82. The second kappa shape index (κ2) is 3.51. The van der Waals surface area contributed by atoms with Crippen LogP contribution in [-0.2, 0) is 11.8 Å². The molecular formula is C16H24O. The molecule has 1 aliphatic rings. The number of benzene rings is 1. The van der Waals surface area contributed by atoms with Crippen molar-refractivity contribution in [1.82, 2.24) is 0 Å². The number of hydrogen-bond acceptors (Lipinski definition) is 1. The summed E-state index contributed by atoms with van der Waals surface area (Å²) in [5.74, 6) is 0.929. The number of rotatable bonds is 0. The quantitative estimate of drug-likeness (QED) is 0.704. The van der Waals surface area contributed by atoms with Crippen LogP contribution >= 0.6 is 0 Å². The normalized spacial score (nSPS) is 22.6. The lowest BCUT2D eigenvalue weighted by Crippen LogP contribution is -2.28. The van der Waals surface area contributed by atoms with Crippen LogP contribution in [-0.4, -0.2) is 5.11 Å². The van der Waals surface area contributed by atoms with Gasteiger partial charge in [-0.3, -0.25) is 0 Å². The molecule has 2 rings (SSSR count). The summed E-state index contributed by atoms with van der Waals surface area (Å²) in [6.07, 6.45) is 1.10. The largest absolute Gasteiger partial charge is 0.507 e. The highest BCUT2D eigenvalue weighted by Gasteiger charge is 2.35. The van der Waals surface area contributed by atoms with Gasteiger partial charge in [0.2, 0.25) is 0 Å². The van der Waals surface area contributed by atoms with Crippen molar-refractivity contribution >= 4 is 0 Å². The van der Waals surface area contributed by atoms with Gasteiger partial charge in [0.05, 0.1) is 0 Å². The van der Waals surface area contributed by atoms with Crippen LogP contribution in [0.4, 0.5) is 0 Å². The van der Waals surface area contributed by atoms with Gasteiger partial charge in [0.15, 0.2) is 0 Å². The summed E-state index contributed by atoms with van der Waals surface area (Å²) >= 11 is 0. The summed E-state index contributed by atoms with van der Waals surface area (Å²) < 4.78 is 0. The van der Waals surface area contributed by atoms with E-state index < -0.39 is 0 Å². The molecule has 1 heteroatoms. The molecule has 0 saturated carbocycles. The molecular weight excluding hydrogens is 208 g/mol. The number of aromatic hydroxyl groups is 1. The van der Waals surface area contributed by atoms with E-state index in [1.165, 1.54) is 5.56 Å². The van der Waals surface area contributed by atoms with Gasteiger partial charge in [-0.15, -0.1) is 0 Å². The smallest absolute Gasteiger partial charge is 0.122 e. The maximum atomic E-state index is 10.5. The van der Waals surface area contributed by atoms with Gasteiger partial charge >= 0.3 is 0 Å². The highest BCUT2D eigenvalue weighted by molar-refractivity contribution is 5.51. The molecule has 0 heterocycles. The predicted octanol–water partition coefficient (Wildman–Crippen LogP) is 4.38. The van der Waals surface area contributed by atoms with Crippen LogP contribution in [0.2, 0.25) is 0 Å². The average molecular weight is 232 g/mol. The Kier molecular flexibility index (Phi) is 2.57. The van der Waals surface area contributed by atoms with Crippen molar-refractivity contribution in [3.05, 3.63) is 28.8 Å². The van der Waals surface area contributed by atoms with Crippen molar-refractivity contribution in [3.63, 3.8) is 0 Å². The van der Waals surface area contributed by atoms with E-state index in [-0.39, 0.29) is 10.8 Å². The molecule has 1 aromatic carbocycles. The van der Waals surface area contributed by atoms with Crippen molar-refractivity contribution < 1.29 is 5.11 Å². The molecule has 1 atom stereocenters. The Bertz CT molecular complexity index is 449. The zero-order valence-corrected chi connectivity index (χ0v) is 11.9. The van der Waals surface area contributed by atoms with E-state index in [2.05, 4.69) is 53.7 Å². The third-order valence-electron chi connectivity index (χ3n) is 4.31. The molecule has 0 saturated heterocycles. The average Bonchev–Trinajstić information content (AvgIpc) is 2.16. The van der Waals surface area contributed by atoms with E-state index in [1.54, 1.807) is 0 Å². The number of phenolic OH excluding ortho intramolecular Hbond substituents is 1. The Labute approximate surface area is 105 Å². The first-order chi connectivity index (χ1) is 7.63. The van der Waals surface area contributed by atoms with Crippen LogP contribution in [0.5, 0.6) is 5.75 Å². The van der Waals surface area contributed by atoms with E-state index >= 15 is 0 Å². The van der Waals surface area contributed by atoms with Gasteiger partial charge in [-0.05, 0) is 39.9 Å².